The molecule has 1 aliphatic carbocycles. The van der Waals surface area contributed by atoms with Gasteiger partial charge in [-0.3, -0.25) is 14.8 Å². The van der Waals surface area contributed by atoms with Crippen LogP contribution in [0.1, 0.15) is 36.8 Å². The minimum Gasteiger partial charge on any atom is -0.497 e. The third kappa shape index (κ3) is 4.15. The van der Waals surface area contributed by atoms with E-state index in [2.05, 4.69) is 15.3 Å². The smallest absolute Gasteiger partial charge is 0.230 e. The van der Waals surface area contributed by atoms with Crippen LogP contribution in [0.3, 0.4) is 0 Å². The summed E-state index contributed by atoms with van der Waals surface area (Å²) in [6.07, 6.45) is 9.33. The summed E-state index contributed by atoms with van der Waals surface area (Å²) in [5.74, 6) is 1.55. The maximum absolute atomic E-state index is 13.4. The van der Waals surface area contributed by atoms with Crippen LogP contribution in [0.5, 0.6) is 11.5 Å². The van der Waals surface area contributed by atoms with E-state index in [1.807, 2.05) is 36.4 Å². The first-order valence-electron chi connectivity index (χ1n) is 11.3. The van der Waals surface area contributed by atoms with Crippen molar-refractivity contribution in [2.45, 2.75) is 43.6 Å². The quantitative estimate of drug-likeness (QED) is 0.571. The molecule has 0 bridgehead atoms. The lowest BCUT2D eigenvalue weighted by Crippen LogP contribution is -2.45. The molecule has 2 aliphatic rings. The molecule has 0 spiro atoms. The molecule has 2 aromatic carbocycles. The Balaban J connectivity index is 1.28. The van der Waals surface area contributed by atoms with Crippen LogP contribution in [0, 0.1) is 0 Å². The monoisotopic (exact) mass is 463 g/mol. The summed E-state index contributed by atoms with van der Waals surface area (Å²) in [5, 5.41) is 3.72. The standard InChI is InChI=1S/C26H26ClN3O3/c1-32-20-6-4-19(5-7-20)26(8-2-3-9-26)25(31)30-15-21-13-18-12-17(14-22(27)24(18)33-21)23-16-28-10-11-29-23/h4-7,10-12,14,16,21H,2-3,8-9,13,15H2,1H3,(H,30,31). The van der Waals surface area contributed by atoms with Gasteiger partial charge in [0.25, 0.3) is 0 Å². The lowest BCUT2D eigenvalue weighted by Gasteiger charge is -2.29. The molecule has 1 aromatic heterocycles. The molecule has 170 valence electrons. The number of hydrogen-bond acceptors (Lipinski definition) is 5. The first-order chi connectivity index (χ1) is 16.1. The third-order valence-corrected chi connectivity index (χ3v) is 7.02. The number of nitrogens with one attached hydrogen (secondary N) is 1. The number of rotatable bonds is 6. The number of aromatic nitrogens is 2. The van der Waals surface area contributed by atoms with Crippen molar-refractivity contribution in [3.63, 3.8) is 0 Å². The van der Waals surface area contributed by atoms with Gasteiger partial charge >= 0.3 is 0 Å². The largest absolute Gasteiger partial charge is 0.497 e. The summed E-state index contributed by atoms with van der Waals surface area (Å²) < 4.78 is 11.4. The van der Waals surface area contributed by atoms with Crippen LogP contribution in [-0.4, -0.2) is 35.6 Å². The average Bonchev–Trinajstić information content (AvgIpc) is 3.51. The van der Waals surface area contributed by atoms with Gasteiger partial charge < -0.3 is 14.8 Å². The third-order valence-electron chi connectivity index (χ3n) is 6.74. The van der Waals surface area contributed by atoms with Gasteiger partial charge in [0.2, 0.25) is 5.91 Å². The molecule has 0 radical (unpaired) electrons. The number of amides is 1. The van der Waals surface area contributed by atoms with E-state index in [0.29, 0.717) is 23.7 Å². The second-order valence-electron chi connectivity index (χ2n) is 8.71. The first-order valence-corrected chi connectivity index (χ1v) is 11.7. The van der Waals surface area contributed by atoms with Crippen LogP contribution in [0.2, 0.25) is 5.02 Å². The average molecular weight is 464 g/mol. The van der Waals surface area contributed by atoms with Crippen molar-refractivity contribution in [1.29, 1.82) is 0 Å². The van der Waals surface area contributed by atoms with Crippen molar-refractivity contribution < 1.29 is 14.3 Å². The summed E-state index contributed by atoms with van der Waals surface area (Å²) in [5.41, 5.74) is 3.25. The highest BCUT2D eigenvalue weighted by Gasteiger charge is 2.43. The van der Waals surface area contributed by atoms with Crippen LogP contribution in [0.4, 0.5) is 0 Å². The number of carbonyl (C=O) groups is 1. The van der Waals surface area contributed by atoms with Gasteiger partial charge in [0.15, 0.2) is 0 Å². The molecule has 1 atom stereocenters. The molecule has 6 nitrogen and oxygen atoms in total. The number of hydrogen-bond donors (Lipinski definition) is 1. The Morgan fingerprint density at radius 3 is 2.70 bits per heavy atom. The Morgan fingerprint density at radius 2 is 2.00 bits per heavy atom. The molecular formula is C26H26ClN3O3. The van der Waals surface area contributed by atoms with Crippen LogP contribution in [-0.2, 0) is 16.6 Å². The highest BCUT2D eigenvalue weighted by molar-refractivity contribution is 6.32. The normalized spacial score (nSPS) is 18.4. The Kier molecular flexibility index (Phi) is 5.94. The number of benzene rings is 2. The Bertz CT molecular complexity index is 1150. The van der Waals surface area contributed by atoms with E-state index in [-0.39, 0.29) is 12.0 Å². The number of carbonyl (C=O) groups excluding carboxylic acids is 1. The SMILES string of the molecule is COc1ccc(C2(C(=O)NCC3Cc4cc(-c5cnccn5)cc(Cl)c4O3)CCCC2)cc1. The van der Waals surface area contributed by atoms with E-state index in [0.717, 1.165) is 53.8 Å². The fourth-order valence-corrected chi connectivity index (χ4v) is 5.29. The molecule has 1 saturated carbocycles. The molecule has 7 heteroatoms. The zero-order chi connectivity index (χ0) is 22.8. The van der Waals surface area contributed by atoms with Gasteiger partial charge in [-0.05, 0) is 42.7 Å². The number of ether oxygens (including phenoxy) is 2. The lowest BCUT2D eigenvalue weighted by molar-refractivity contribution is -0.127. The van der Waals surface area contributed by atoms with Crippen molar-refractivity contribution >= 4 is 17.5 Å². The van der Waals surface area contributed by atoms with Crippen LogP contribution in [0.15, 0.2) is 55.0 Å². The number of methoxy groups -OCH3 is 1. The highest BCUT2D eigenvalue weighted by atomic mass is 35.5. The van der Waals surface area contributed by atoms with Gasteiger partial charge in [0.1, 0.15) is 17.6 Å². The van der Waals surface area contributed by atoms with Crippen LogP contribution in [0.25, 0.3) is 11.3 Å². The van der Waals surface area contributed by atoms with Crippen LogP contribution >= 0.6 is 11.6 Å². The zero-order valence-corrected chi connectivity index (χ0v) is 19.3. The summed E-state index contributed by atoms with van der Waals surface area (Å²) in [4.78, 5) is 21.9. The van der Waals surface area contributed by atoms with Crippen molar-refractivity contribution in [2.24, 2.45) is 0 Å². The molecular weight excluding hydrogens is 438 g/mol. The molecule has 1 N–H and O–H groups in total. The van der Waals surface area contributed by atoms with E-state index >= 15 is 0 Å². The van der Waals surface area contributed by atoms with Gasteiger partial charge in [0, 0.05) is 29.9 Å². The van der Waals surface area contributed by atoms with E-state index < -0.39 is 5.41 Å². The molecule has 3 aromatic rings. The minimum absolute atomic E-state index is 0.0658. The van der Waals surface area contributed by atoms with Gasteiger partial charge in [-0.1, -0.05) is 36.6 Å². The Hall–Kier alpha value is -3.12. The fraction of sp³-hybridized carbons (Fsp3) is 0.346. The van der Waals surface area contributed by atoms with E-state index in [1.165, 1.54) is 0 Å². The molecule has 2 heterocycles. The minimum atomic E-state index is -0.492. The maximum Gasteiger partial charge on any atom is 0.230 e. The van der Waals surface area contributed by atoms with Gasteiger partial charge in [-0.2, -0.15) is 0 Å². The van der Waals surface area contributed by atoms with Gasteiger partial charge in [-0.25, -0.2) is 0 Å². The van der Waals surface area contributed by atoms with Gasteiger partial charge in [-0.15, -0.1) is 0 Å². The second-order valence-corrected chi connectivity index (χ2v) is 9.12. The highest BCUT2D eigenvalue weighted by Crippen LogP contribution is 2.42. The number of halogens is 1. The molecule has 0 saturated heterocycles. The number of fused-ring (bicyclic) bond motifs is 1. The molecule has 5 rings (SSSR count). The van der Waals surface area contributed by atoms with E-state index in [4.69, 9.17) is 21.1 Å². The first kappa shape index (κ1) is 21.7. The van der Waals surface area contributed by atoms with E-state index in [1.54, 1.807) is 25.7 Å². The summed E-state index contributed by atoms with van der Waals surface area (Å²) in [6.45, 7) is 0.433. The molecule has 1 amide bonds. The van der Waals surface area contributed by atoms with E-state index in [9.17, 15) is 4.79 Å². The summed E-state index contributed by atoms with van der Waals surface area (Å²) in [6, 6.07) is 11.8. The maximum atomic E-state index is 13.4. The Morgan fingerprint density at radius 1 is 1.21 bits per heavy atom. The number of nitrogens with zero attached hydrogens (tertiary/aromatic N) is 2. The van der Waals surface area contributed by atoms with Crippen molar-refractivity contribution in [1.82, 2.24) is 15.3 Å². The molecule has 1 fully saturated rings. The van der Waals surface area contributed by atoms with Crippen LogP contribution < -0.4 is 14.8 Å². The van der Waals surface area contributed by atoms with Crippen molar-refractivity contribution in [3.05, 3.63) is 71.1 Å². The molecule has 33 heavy (non-hydrogen) atoms. The summed E-state index contributed by atoms with van der Waals surface area (Å²) >= 11 is 6.51. The molecule has 1 unspecified atom stereocenters. The Labute approximate surface area is 198 Å². The second kappa shape index (κ2) is 9.02. The topological polar surface area (TPSA) is 73.3 Å². The predicted molar refractivity (Wildman–Crippen MR) is 127 cm³/mol. The molecule has 1 aliphatic heterocycles. The fourth-order valence-electron chi connectivity index (χ4n) is 5.01. The van der Waals surface area contributed by atoms with Gasteiger partial charge in [0.05, 0.1) is 36.0 Å². The lowest BCUT2D eigenvalue weighted by atomic mass is 9.78. The predicted octanol–water partition coefficient (Wildman–Crippen LogP) is 4.74. The zero-order valence-electron chi connectivity index (χ0n) is 18.5. The summed E-state index contributed by atoms with van der Waals surface area (Å²) in [7, 11) is 1.65. The van der Waals surface area contributed by atoms with Crippen molar-refractivity contribution in [3.8, 4) is 22.8 Å². The van der Waals surface area contributed by atoms with Crippen molar-refractivity contribution in [2.75, 3.05) is 13.7 Å².